The third-order valence-corrected chi connectivity index (χ3v) is 4.16. The fourth-order valence-corrected chi connectivity index (χ4v) is 3.01. The van der Waals surface area contributed by atoms with Gasteiger partial charge in [0.05, 0.1) is 10.7 Å². The summed E-state index contributed by atoms with van der Waals surface area (Å²) in [5, 5.41) is 2.92. The highest BCUT2D eigenvalue weighted by molar-refractivity contribution is 7.10. The van der Waals surface area contributed by atoms with Gasteiger partial charge in [-0.25, -0.2) is 9.37 Å². The first-order valence-corrected chi connectivity index (χ1v) is 7.61. The highest BCUT2D eigenvalue weighted by Gasteiger charge is 2.08. The summed E-state index contributed by atoms with van der Waals surface area (Å²) < 4.78 is 13.7. The Balaban J connectivity index is 1.85. The summed E-state index contributed by atoms with van der Waals surface area (Å²) in [7, 11) is 0. The molecule has 4 heteroatoms. The Bertz CT molecular complexity index is 752. The van der Waals surface area contributed by atoms with E-state index < -0.39 is 0 Å². The Labute approximate surface area is 127 Å². The summed E-state index contributed by atoms with van der Waals surface area (Å²) in [5.74, 6) is -0.181. The van der Waals surface area contributed by atoms with Gasteiger partial charge < -0.3 is 5.73 Å². The van der Waals surface area contributed by atoms with Crippen molar-refractivity contribution in [2.75, 3.05) is 0 Å². The molecule has 3 aromatic rings. The second-order valence-electron chi connectivity index (χ2n) is 4.80. The van der Waals surface area contributed by atoms with Gasteiger partial charge in [0.2, 0.25) is 0 Å². The van der Waals surface area contributed by atoms with Crippen LogP contribution in [0.5, 0.6) is 0 Å². The van der Waals surface area contributed by atoms with Crippen molar-refractivity contribution in [1.82, 2.24) is 4.98 Å². The molecule has 106 valence electrons. The minimum Gasteiger partial charge on any atom is -0.326 e. The van der Waals surface area contributed by atoms with Crippen molar-refractivity contribution in [2.45, 2.75) is 13.0 Å². The van der Waals surface area contributed by atoms with E-state index in [9.17, 15) is 4.39 Å². The Morgan fingerprint density at radius 2 is 1.95 bits per heavy atom. The minimum absolute atomic E-state index is 0.181. The average Bonchev–Trinajstić information content (AvgIpc) is 2.98. The van der Waals surface area contributed by atoms with Gasteiger partial charge in [0.1, 0.15) is 5.82 Å². The number of thiazole rings is 1. The smallest absolute Gasteiger partial charge is 0.126 e. The predicted molar refractivity (Wildman–Crippen MR) is 84.6 cm³/mol. The molecule has 0 aliphatic rings. The molecule has 0 saturated carbocycles. The SMILES string of the molecule is NCc1cccc(-c2csc(Cc3ccccc3F)n2)c1. The third-order valence-electron chi connectivity index (χ3n) is 3.31. The second kappa shape index (κ2) is 6.16. The zero-order chi connectivity index (χ0) is 14.7. The van der Waals surface area contributed by atoms with Crippen LogP contribution in [0.25, 0.3) is 11.3 Å². The van der Waals surface area contributed by atoms with Gasteiger partial charge in [-0.15, -0.1) is 11.3 Å². The van der Waals surface area contributed by atoms with E-state index in [-0.39, 0.29) is 5.82 Å². The molecule has 1 heterocycles. The summed E-state index contributed by atoms with van der Waals surface area (Å²) in [6.07, 6.45) is 0.522. The first kappa shape index (κ1) is 13.9. The van der Waals surface area contributed by atoms with Crippen LogP contribution < -0.4 is 5.73 Å². The van der Waals surface area contributed by atoms with Crippen LogP contribution in [0.2, 0.25) is 0 Å². The van der Waals surface area contributed by atoms with Gasteiger partial charge in [0, 0.05) is 23.9 Å². The number of nitrogens with two attached hydrogens (primary N) is 1. The molecule has 0 spiro atoms. The van der Waals surface area contributed by atoms with Crippen molar-refractivity contribution in [3.05, 3.63) is 75.9 Å². The molecular formula is C17H15FN2S. The Kier molecular flexibility index (Phi) is 4.08. The van der Waals surface area contributed by atoms with Gasteiger partial charge in [-0.2, -0.15) is 0 Å². The van der Waals surface area contributed by atoms with E-state index >= 15 is 0 Å². The van der Waals surface area contributed by atoms with Crippen LogP contribution in [0, 0.1) is 5.82 Å². The Morgan fingerprint density at radius 1 is 1.10 bits per heavy atom. The fraction of sp³-hybridized carbons (Fsp3) is 0.118. The van der Waals surface area contributed by atoms with E-state index in [1.54, 1.807) is 23.5 Å². The van der Waals surface area contributed by atoms with Gasteiger partial charge in [-0.3, -0.25) is 0 Å². The van der Waals surface area contributed by atoms with Crippen LogP contribution in [0.15, 0.2) is 53.9 Å². The molecule has 21 heavy (non-hydrogen) atoms. The van der Waals surface area contributed by atoms with Crippen LogP contribution >= 0.6 is 11.3 Å². The normalized spacial score (nSPS) is 10.8. The van der Waals surface area contributed by atoms with Gasteiger partial charge in [0.15, 0.2) is 0 Å². The standard InChI is InChI=1S/C17H15FN2S/c18-15-7-2-1-5-13(15)9-17-20-16(11-21-17)14-6-3-4-12(8-14)10-19/h1-8,11H,9-10,19H2. The van der Waals surface area contributed by atoms with Gasteiger partial charge in [-0.1, -0.05) is 36.4 Å². The van der Waals surface area contributed by atoms with Crippen LogP contribution in [-0.2, 0) is 13.0 Å². The van der Waals surface area contributed by atoms with Gasteiger partial charge in [-0.05, 0) is 23.3 Å². The molecule has 0 aliphatic carbocycles. The molecule has 0 atom stereocenters. The summed E-state index contributed by atoms with van der Waals surface area (Å²) in [5.41, 5.74) is 9.38. The molecular weight excluding hydrogens is 283 g/mol. The molecule has 0 bridgehead atoms. The van der Waals surface area contributed by atoms with E-state index in [1.807, 2.05) is 35.7 Å². The molecule has 0 saturated heterocycles. The van der Waals surface area contributed by atoms with Crippen LogP contribution in [0.3, 0.4) is 0 Å². The van der Waals surface area contributed by atoms with E-state index in [0.29, 0.717) is 18.5 Å². The van der Waals surface area contributed by atoms with Crippen LogP contribution in [0.4, 0.5) is 4.39 Å². The zero-order valence-electron chi connectivity index (χ0n) is 11.4. The van der Waals surface area contributed by atoms with Crippen molar-refractivity contribution >= 4 is 11.3 Å². The van der Waals surface area contributed by atoms with E-state index in [0.717, 1.165) is 21.8 Å². The highest BCUT2D eigenvalue weighted by atomic mass is 32.1. The second-order valence-corrected chi connectivity index (χ2v) is 5.74. The summed E-state index contributed by atoms with van der Waals surface area (Å²) in [6, 6.07) is 14.9. The molecule has 0 fully saturated rings. The topological polar surface area (TPSA) is 38.9 Å². The maximum Gasteiger partial charge on any atom is 0.126 e. The Hall–Kier alpha value is -2.04. The number of hydrogen-bond donors (Lipinski definition) is 1. The van der Waals surface area contributed by atoms with Crippen molar-refractivity contribution in [1.29, 1.82) is 0 Å². The maximum atomic E-state index is 13.7. The predicted octanol–water partition coefficient (Wildman–Crippen LogP) is 4.00. The minimum atomic E-state index is -0.181. The molecule has 0 aliphatic heterocycles. The number of halogens is 1. The number of hydrogen-bond acceptors (Lipinski definition) is 3. The zero-order valence-corrected chi connectivity index (χ0v) is 12.2. The van der Waals surface area contributed by atoms with Crippen molar-refractivity contribution in [2.24, 2.45) is 5.73 Å². The summed E-state index contributed by atoms with van der Waals surface area (Å²) in [4.78, 5) is 4.60. The Morgan fingerprint density at radius 3 is 2.76 bits per heavy atom. The molecule has 1 aromatic heterocycles. The molecule has 3 rings (SSSR count). The fourth-order valence-electron chi connectivity index (χ4n) is 2.19. The number of benzene rings is 2. The lowest BCUT2D eigenvalue weighted by atomic mass is 10.1. The highest BCUT2D eigenvalue weighted by Crippen LogP contribution is 2.24. The molecule has 2 aromatic carbocycles. The molecule has 2 nitrogen and oxygen atoms in total. The molecule has 0 radical (unpaired) electrons. The van der Waals surface area contributed by atoms with Crippen molar-refractivity contribution in [3.63, 3.8) is 0 Å². The first-order chi connectivity index (χ1) is 10.3. The molecule has 0 unspecified atom stereocenters. The lowest BCUT2D eigenvalue weighted by Gasteiger charge is -2.01. The monoisotopic (exact) mass is 298 g/mol. The number of nitrogens with zero attached hydrogens (tertiary/aromatic N) is 1. The van der Waals surface area contributed by atoms with E-state index in [4.69, 9.17) is 5.73 Å². The van der Waals surface area contributed by atoms with Crippen LogP contribution in [0.1, 0.15) is 16.1 Å². The van der Waals surface area contributed by atoms with Crippen molar-refractivity contribution < 1.29 is 4.39 Å². The van der Waals surface area contributed by atoms with E-state index in [2.05, 4.69) is 4.98 Å². The third kappa shape index (κ3) is 3.17. The molecule has 0 amide bonds. The average molecular weight is 298 g/mol. The number of aromatic nitrogens is 1. The van der Waals surface area contributed by atoms with Crippen LogP contribution in [-0.4, -0.2) is 4.98 Å². The van der Waals surface area contributed by atoms with Gasteiger partial charge >= 0.3 is 0 Å². The number of rotatable bonds is 4. The largest absolute Gasteiger partial charge is 0.326 e. The van der Waals surface area contributed by atoms with Crippen molar-refractivity contribution in [3.8, 4) is 11.3 Å². The lowest BCUT2D eigenvalue weighted by Crippen LogP contribution is -1.96. The van der Waals surface area contributed by atoms with Gasteiger partial charge in [0.25, 0.3) is 0 Å². The first-order valence-electron chi connectivity index (χ1n) is 6.73. The van der Waals surface area contributed by atoms with E-state index in [1.165, 1.54) is 6.07 Å². The quantitative estimate of drug-likeness (QED) is 0.790. The molecule has 2 N–H and O–H groups in total. The summed E-state index contributed by atoms with van der Waals surface area (Å²) >= 11 is 1.55. The summed E-state index contributed by atoms with van der Waals surface area (Å²) in [6.45, 7) is 0.514. The maximum absolute atomic E-state index is 13.7. The lowest BCUT2D eigenvalue weighted by molar-refractivity contribution is 0.614.